The largest absolute Gasteiger partial charge is 0.702 e. The number of para-hydroxylation sites is 2. The molecule has 0 aliphatic carbocycles. The van der Waals surface area contributed by atoms with Gasteiger partial charge in [0.05, 0.1) is 11.1 Å². The topological polar surface area (TPSA) is 18.5 Å². The lowest BCUT2D eigenvalue weighted by Gasteiger charge is -2.47. The molecule has 2 nitrogen and oxygen atoms in total. The molecule has 0 spiro atoms. The van der Waals surface area contributed by atoms with E-state index in [0.29, 0.717) is 16.4 Å². The summed E-state index contributed by atoms with van der Waals surface area (Å²) >= 11 is 9.53. The van der Waals surface area contributed by atoms with Crippen molar-refractivity contribution in [3.8, 4) is 17.2 Å². The van der Waals surface area contributed by atoms with E-state index in [-0.39, 0.29) is 16.7 Å². The highest BCUT2D eigenvalue weighted by molar-refractivity contribution is 7.80. The van der Waals surface area contributed by atoms with Crippen molar-refractivity contribution < 1.29 is 53.3 Å². The standard InChI is InChI=1S/C49H35BF10O2P.CH2Cl2/c1-48(2,3)26-22-24-27(25-23-26)62-50(34-36(51)40(55)44(59)41(56)37(34)52,35-38(53)42(57)45(60)43(58)39(35)54)32-20-12-18-30-46(32)61-47-31(49(30,4)5)19-13-21-33(47)63(28-14-8-6-9-15-28)29-16-10-7-11-17-29;2-1-3/h6-25H,1-5H3;1H2/q-1;/p+1. The quantitative estimate of drug-likeness (QED) is 0.0377. The molecule has 0 saturated carbocycles. The van der Waals surface area contributed by atoms with Gasteiger partial charge < -0.3 is 9.39 Å². The van der Waals surface area contributed by atoms with Crippen LogP contribution in [0, 0.1) is 58.2 Å². The van der Waals surface area contributed by atoms with Crippen molar-refractivity contribution in [2.24, 2.45) is 0 Å². The van der Waals surface area contributed by atoms with Crippen molar-refractivity contribution in [3.05, 3.63) is 196 Å². The normalized spacial score (nSPS) is 13.1. The van der Waals surface area contributed by atoms with Crippen LogP contribution in [0.25, 0.3) is 0 Å². The molecule has 0 amide bonds. The van der Waals surface area contributed by atoms with E-state index >= 15 is 35.1 Å². The lowest BCUT2D eigenvalue weighted by atomic mass is 9.27. The zero-order valence-corrected chi connectivity index (χ0v) is 38.2. The predicted molar refractivity (Wildman–Crippen MR) is 245 cm³/mol. The summed E-state index contributed by atoms with van der Waals surface area (Å²) in [7, 11) is -2.01. The Balaban J connectivity index is 0.00000210. The number of ether oxygens (including phenoxy) is 1. The highest BCUT2D eigenvalue weighted by Gasteiger charge is 2.50. The van der Waals surface area contributed by atoms with Crippen molar-refractivity contribution in [1.82, 2.24) is 0 Å². The molecule has 66 heavy (non-hydrogen) atoms. The molecule has 0 bridgehead atoms. The van der Waals surface area contributed by atoms with Gasteiger partial charge in [-0.15, -0.1) is 28.7 Å². The Bertz CT molecular complexity index is 2790. The van der Waals surface area contributed by atoms with Gasteiger partial charge in [-0.3, -0.25) is 0 Å². The summed E-state index contributed by atoms with van der Waals surface area (Å²) in [6.07, 6.45) is -5.05. The summed E-state index contributed by atoms with van der Waals surface area (Å²) < 4.78 is 173. The van der Waals surface area contributed by atoms with E-state index < -0.39 is 111 Å². The monoisotopic (exact) mass is 972 g/mol. The molecular formula is C50H38BCl2F10O2P. The first-order valence-electron chi connectivity index (χ1n) is 20.3. The Morgan fingerprint density at radius 2 is 0.909 bits per heavy atom. The molecule has 0 radical (unpaired) electrons. The van der Waals surface area contributed by atoms with Gasteiger partial charge in [-0.25, -0.2) is 43.9 Å². The summed E-state index contributed by atoms with van der Waals surface area (Å²) in [5.74, 6) is -26.9. The summed E-state index contributed by atoms with van der Waals surface area (Å²) in [6, 6.07) is 33.2. The molecule has 0 fully saturated rings. The summed E-state index contributed by atoms with van der Waals surface area (Å²) in [5.41, 5.74) is -5.15. The van der Waals surface area contributed by atoms with E-state index in [4.69, 9.17) is 32.6 Å². The number of hydrogen-bond donors (Lipinski definition) is 0. The lowest BCUT2D eigenvalue weighted by molar-refractivity contribution is 0.378. The van der Waals surface area contributed by atoms with Crippen LogP contribution < -0.4 is 41.7 Å². The van der Waals surface area contributed by atoms with Gasteiger partial charge in [-0.05, 0) is 53.4 Å². The molecule has 342 valence electrons. The average molecular weight is 974 g/mol. The fraction of sp³-hybridized carbons (Fsp3) is 0.160. The van der Waals surface area contributed by atoms with Crippen molar-refractivity contribution in [2.75, 3.05) is 5.34 Å². The van der Waals surface area contributed by atoms with Crippen LogP contribution in [0.15, 0.2) is 121 Å². The van der Waals surface area contributed by atoms with Crippen LogP contribution in [-0.2, 0) is 10.8 Å². The number of halogens is 12. The second-order valence-electron chi connectivity index (χ2n) is 17.0. The van der Waals surface area contributed by atoms with Gasteiger partial charge in [0.25, 0.3) is 6.35 Å². The van der Waals surface area contributed by atoms with Crippen molar-refractivity contribution in [1.29, 1.82) is 0 Å². The summed E-state index contributed by atoms with van der Waals surface area (Å²) in [4.78, 5) is 0. The fourth-order valence-electron chi connectivity index (χ4n) is 8.58. The molecule has 0 aromatic heterocycles. The number of hydrogen-bond acceptors (Lipinski definition) is 2. The highest BCUT2D eigenvalue weighted by atomic mass is 35.5. The first-order chi connectivity index (χ1) is 31.2. The van der Waals surface area contributed by atoms with Crippen LogP contribution in [0.4, 0.5) is 43.9 Å². The molecule has 0 N–H and O–H groups in total. The fourth-order valence-corrected chi connectivity index (χ4v) is 11.3. The molecule has 1 aliphatic rings. The number of rotatable bonds is 8. The van der Waals surface area contributed by atoms with Crippen LogP contribution in [0.2, 0.25) is 0 Å². The van der Waals surface area contributed by atoms with E-state index in [1.807, 2.05) is 87.5 Å². The van der Waals surface area contributed by atoms with Crippen LogP contribution in [0.3, 0.4) is 0 Å². The number of benzene rings is 7. The summed E-state index contributed by atoms with van der Waals surface area (Å²) in [6.45, 7) is 9.00. The minimum absolute atomic E-state index is 0.156. The Morgan fingerprint density at radius 3 is 1.33 bits per heavy atom. The third-order valence-corrected chi connectivity index (χ3v) is 14.5. The molecule has 8 rings (SSSR count). The van der Waals surface area contributed by atoms with E-state index in [0.717, 1.165) is 16.7 Å². The molecule has 7 aromatic carbocycles. The zero-order chi connectivity index (χ0) is 48.0. The van der Waals surface area contributed by atoms with Gasteiger partial charge in [0.1, 0.15) is 52.9 Å². The molecule has 0 saturated heterocycles. The van der Waals surface area contributed by atoms with Crippen LogP contribution in [0.1, 0.15) is 51.3 Å². The Labute approximate surface area is 385 Å². The third-order valence-electron chi connectivity index (χ3n) is 11.8. The molecule has 16 heteroatoms. The van der Waals surface area contributed by atoms with Gasteiger partial charge in [0.2, 0.25) is 0 Å². The maximum atomic E-state index is 16.8. The Hall–Kier alpha value is -5.49. The van der Waals surface area contributed by atoms with Crippen LogP contribution >= 0.6 is 31.1 Å². The van der Waals surface area contributed by atoms with Crippen LogP contribution in [0.5, 0.6) is 17.2 Å². The SMILES string of the molecule is CC(C)(C)c1ccc(O[B-](c2cccc3c2Oc2c([PH+](c4ccccc4)c4ccccc4)cccc2C3(C)C)(c2c(F)c(F)c(F)c(F)c2F)c2c(F)c(F)c(F)c(F)c2F)cc1.ClCCl. The van der Waals surface area contributed by atoms with Gasteiger partial charge >= 0.3 is 0 Å². The maximum Gasteiger partial charge on any atom is 0.263 e. The first-order valence-corrected chi connectivity index (χ1v) is 22.8. The van der Waals surface area contributed by atoms with Crippen molar-refractivity contribution in [2.45, 2.75) is 45.4 Å². The van der Waals surface area contributed by atoms with Gasteiger partial charge in [-0.1, -0.05) is 124 Å². The third kappa shape index (κ3) is 8.21. The smallest absolute Gasteiger partial charge is 0.263 e. The lowest BCUT2D eigenvalue weighted by Crippen LogP contribution is -2.75. The van der Waals surface area contributed by atoms with E-state index in [1.165, 1.54) is 36.4 Å². The molecule has 0 unspecified atom stereocenters. The Morgan fingerprint density at radius 1 is 0.515 bits per heavy atom. The maximum absolute atomic E-state index is 16.8. The molecule has 7 aromatic rings. The van der Waals surface area contributed by atoms with E-state index in [1.54, 1.807) is 26.0 Å². The van der Waals surface area contributed by atoms with Gasteiger partial charge in [0.15, 0.2) is 40.7 Å². The minimum atomic E-state index is -5.05. The number of fused-ring (bicyclic) bond motifs is 2. The molecule has 0 atom stereocenters. The first kappa shape index (κ1) is 48.4. The zero-order valence-electron chi connectivity index (χ0n) is 35.7. The second kappa shape index (κ2) is 18.7. The molecular weight excluding hydrogens is 935 g/mol. The minimum Gasteiger partial charge on any atom is -0.702 e. The molecule has 1 aliphatic heterocycles. The Kier molecular flexibility index (Phi) is 13.7. The number of alkyl halides is 2. The van der Waals surface area contributed by atoms with E-state index in [9.17, 15) is 8.78 Å². The average Bonchev–Trinajstić information content (AvgIpc) is 3.30. The van der Waals surface area contributed by atoms with Crippen LogP contribution in [-0.4, -0.2) is 11.7 Å². The van der Waals surface area contributed by atoms with Crippen molar-refractivity contribution >= 4 is 69.8 Å². The second-order valence-corrected chi connectivity index (χ2v) is 20.2. The van der Waals surface area contributed by atoms with Crippen molar-refractivity contribution in [3.63, 3.8) is 0 Å². The highest BCUT2D eigenvalue weighted by Crippen LogP contribution is 2.50. The molecule has 1 heterocycles. The van der Waals surface area contributed by atoms with Gasteiger partial charge in [-0.2, -0.15) is 0 Å². The summed E-state index contributed by atoms with van der Waals surface area (Å²) in [5, 5.41) is 2.60. The van der Waals surface area contributed by atoms with E-state index in [2.05, 4.69) is 0 Å². The van der Waals surface area contributed by atoms with Gasteiger partial charge in [0, 0.05) is 16.5 Å². The predicted octanol–water partition coefficient (Wildman–Crippen LogP) is 11.8.